The number of hydrogen-bond donors (Lipinski definition) is 1. The number of hydrogen-bond acceptors (Lipinski definition) is 2. The normalized spacial score (nSPS) is 9.92. The van der Waals surface area contributed by atoms with Gasteiger partial charge in [-0.05, 0) is 19.1 Å². The number of anilines is 1. The monoisotopic (exact) mass is 197 g/mol. The number of fused-ring (bicyclic) bond motifs is 1. The van der Waals surface area contributed by atoms with Crippen molar-refractivity contribution in [2.45, 2.75) is 13.5 Å². The van der Waals surface area contributed by atoms with Crippen LogP contribution < -0.4 is 5.73 Å². The summed E-state index contributed by atoms with van der Waals surface area (Å²) in [7, 11) is 0. The first-order chi connectivity index (χ1) is 5.83. The molecule has 2 rings (SSSR count). The number of aryl methyl sites for hydroxylation is 1. The molecule has 2 aromatic rings. The molecular weight excluding hydrogens is 186 g/mol. The van der Waals surface area contributed by atoms with E-state index in [1.807, 2.05) is 28.8 Å². The van der Waals surface area contributed by atoms with Crippen molar-refractivity contribution in [1.29, 1.82) is 0 Å². The Labute approximate surface area is 83.0 Å². The molecule has 0 bridgehead atoms. The number of benzene rings is 1. The van der Waals surface area contributed by atoms with Crippen molar-refractivity contribution in [2.75, 3.05) is 5.73 Å². The summed E-state index contributed by atoms with van der Waals surface area (Å²) in [5.74, 6) is 0.596. The Morgan fingerprint density at radius 2 is 2.08 bits per heavy atom. The predicted octanol–water partition coefficient (Wildman–Crippen LogP) is 2.06. The molecule has 3 nitrogen and oxygen atoms in total. The van der Waals surface area contributed by atoms with Gasteiger partial charge in [0.15, 0.2) is 0 Å². The molecule has 0 saturated heterocycles. The van der Waals surface area contributed by atoms with E-state index in [2.05, 4.69) is 11.9 Å². The van der Waals surface area contributed by atoms with Gasteiger partial charge in [-0.15, -0.1) is 12.4 Å². The van der Waals surface area contributed by atoms with E-state index in [1.54, 1.807) is 0 Å². The quantitative estimate of drug-likeness (QED) is 0.761. The van der Waals surface area contributed by atoms with Gasteiger partial charge in [-0.2, -0.15) is 0 Å². The number of para-hydroxylation sites is 2. The molecule has 0 aliphatic carbocycles. The molecule has 0 aliphatic rings. The second kappa shape index (κ2) is 3.66. The summed E-state index contributed by atoms with van der Waals surface area (Å²) < 4.78 is 2.00. The molecule has 70 valence electrons. The Hall–Kier alpha value is -1.22. The number of halogens is 1. The van der Waals surface area contributed by atoms with Crippen LogP contribution >= 0.6 is 12.4 Å². The standard InChI is InChI=1S/C9H11N3.ClH/c1-2-12-8-6-4-3-5-7(8)11-9(12)10;/h3-6H,2H2,1H3,(H2,10,11);1H. The van der Waals surface area contributed by atoms with Crippen molar-refractivity contribution in [3.05, 3.63) is 24.3 Å². The highest BCUT2D eigenvalue weighted by Crippen LogP contribution is 2.16. The van der Waals surface area contributed by atoms with Crippen LogP contribution in [-0.2, 0) is 6.54 Å². The lowest BCUT2D eigenvalue weighted by molar-refractivity contribution is 0.800. The van der Waals surface area contributed by atoms with Crippen LogP contribution in [0, 0.1) is 0 Å². The maximum absolute atomic E-state index is 5.72. The third kappa shape index (κ3) is 1.47. The fourth-order valence-corrected chi connectivity index (χ4v) is 1.43. The average Bonchev–Trinajstić information content (AvgIpc) is 2.40. The van der Waals surface area contributed by atoms with Crippen LogP contribution in [0.2, 0.25) is 0 Å². The second-order valence-electron chi connectivity index (χ2n) is 2.70. The molecule has 1 heterocycles. The molecule has 0 radical (unpaired) electrons. The molecule has 0 aliphatic heterocycles. The third-order valence-electron chi connectivity index (χ3n) is 2.00. The van der Waals surface area contributed by atoms with Gasteiger partial charge in [-0.1, -0.05) is 12.1 Å². The van der Waals surface area contributed by atoms with Crippen molar-refractivity contribution in [1.82, 2.24) is 9.55 Å². The van der Waals surface area contributed by atoms with Gasteiger partial charge in [0.05, 0.1) is 11.0 Å². The number of nitrogens with two attached hydrogens (primary N) is 1. The van der Waals surface area contributed by atoms with Gasteiger partial charge < -0.3 is 10.3 Å². The topological polar surface area (TPSA) is 43.8 Å². The molecule has 1 aromatic carbocycles. The minimum Gasteiger partial charge on any atom is -0.369 e. The molecule has 13 heavy (non-hydrogen) atoms. The van der Waals surface area contributed by atoms with Crippen LogP contribution in [0.3, 0.4) is 0 Å². The molecular formula is C9H12ClN3. The molecule has 4 heteroatoms. The van der Waals surface area contributed by atoms with E-state index in [1.165, 1.54) is 0 Å². The highest BCUT2D eigenvalue weighted by atomic mass is 35.5. The van der Waals surface area contributed by atoms with Crippen LogP contribution in [-0.4, -0.2) is 9.55 Å². The molecule has 0 fully saturated rings. The lowest BCUT2D eigenvalue weighted by Crippen LogP contribution is -2.00. The van der Waals surface area contributed by atoms with Gasteiger partial charge in [0.1, 0.15) is 0 Å². The Morgan fingerprint density at radius 3 is 2.77 bits per heavy atom. The Bertz CT molecular complexity index is 408. The van der Waals surface area contributed by atoms with Crippen LogP contribution in [0.25, 0.3) is 11.0 Å². The summed E-state index contributed by atoms with van der Waals surface area (Å²) in [5.41, 5.74) is 7.79. The SMILES string of the molecule is CCn1c(N)nc2ccccc21.Cl. The fraction of sp³-hybridized carbons (Fsp3) is 0.222. The largest absolute Gasteiger partial charge is 0.369 e. The third-order valence-corrected chi connectivity index (χ3v) is 2.00. The number of nitrogens with zero attached hydrogens (tertiary/aromatic N) is 2. The predicted molar refractivity (Wildman–Crippen MR) is 57.1 cm³/mol. The van der Waals surface area contributed by atoms with Gasteiger partial charge in [0, 0.05) is 6.54 Å². The van der Waals surface area contributed by atoms with E-state index in [0.29, 0.717) is 5.95 Å². The van der Waals surface area contributed by atoms with Crippen molar-refractivity contribution < 1.29 is 0 Å². The first-order valence-corrected chi connectivity index (χ1v) is 4.03. The molecule has 0 amide bonds. The van der Waals surface area contributed by atoms with E-state index in [-0.39, 0.29) is 12.4 Å². The first kappa shape index (κ1) is 9.86. The van der Waals surface area contributed by atoms with Crippen molar-refractivity contribution in [3.63, 3.8) is 0 Å². The number of nitrogen functional groups attached to an aromatic ring is 1. The Balaban J connectivity index is 0.000000845. The summed E-state index contributed by atoms with van der Waals surface area (Å²) in [4.78, 5) is 4.22. The molecule has 0 saturated carbocycles. The molecule has 2 N–H and O–H groups in total. The summed E-state index contributed by atoms with van der Waals surface area (Å²) in [6.45, 7) is 2.93. The molecule has 0 spiro atoms. The smallest absolute Gasteiger partial charge is 0.201 e. The van der Waals surface area contributed by atoms with Crippen LogP contribution in [0.1, 0.15) is 6.92 Å². The van der Waals surface area contributed by atoms with E-state index in [0.717, 1.165) is 17.6 Å². The number of aromatic nitrogens is 2. The van der Waals surface area contributed by atoms with E-state index in [4.69, 9.17) is 5.73 Å². The lowest BCUT2D eigenvalue weighted by Gasteiger charge is -1.99. The summed E-state index contributed by atoms with van der Waals surface area (Å²) in [6.07, 6.45) is 0. The van der Waals surface area contributed by atoms with Gasteiger partial charge >= 0.3 is 0 Å². The Kier molecular flexibility index (Phi) is 2.78. The number of imidazole rings is 1. The van der Waals surface area contributed by atoms with Gasteiger partial charge in [0.2, 0.25) is 5.95 Å². The van der Waals surface area contributed by atoms with Gasteiger partial charge in [0.25, 0.3) is 0 Å². The van der Waals surface area contributed by atoms with Crippen LogP contribution in [0.15, 0.2) is 24.3 Å². The lowest BCUT2D eigenvalue weighted by atomic mass is 10.3. The van der Waals surface area contributed by atoms with E-state index in [9.17, 15) is 0 Å². The Morgan fingerprint density at radius 1 is 1.38 bits per heavy atom. The maximum Gasteiger partial charge on any atom is 0.201 e. The molecule has 0 atom stereocenters. The van der Waals surface area contributed by atoms with Gasteiger partial charge in [-0.25, -0.2) is 4.98 Å². The maximum atomic E-state index is 5.72. The molecule has 1 aromatic heterocycles. The van der Waals surface area contributed by atoms with Crippen molar-refractivity contribution in [2.24, 2.45) is 0 Å². The zero-order chi connectivity index (χ0) is 8.55. The van der Waals surface area contributed by atoms with Crippen LogP contribution in [0.4, 0.5) is 5.95 Å². The number of rotatable bonds is 1. The summed E-state index contributed by atoms with van der Waals surface area (Å²) >= 11 is 0. The summed E-state index contributed by atoms with van der Waals surface area (Å²) in [5, 5.41) is 0. The van der Waals surface area contributed by atoms with E-state index >= 15 is 0 Å². The minimum atomic E-state index is 0. The van der Waals surface area contributed by atoms with Crippen molar-refractivity contribution >= 4 is 29.4 Å². The molecule has 0 unspecified atom stereocenters. The van der Waals surface area contributed by atoms with Crippen LogP contribution in [0.5, 0.6) is 0 Å². The first-order valence-electron chi connectivity index (χ1n) is 4.03. The van der Waals surface area contributed by atoms with Crippen molar-refractivity contribution in [3.8, 4) is 0 Å². The fourth-order valence-electron chi connectivity index (χ4n) is 1.43. The van der Waals surface area contributed by atoms with Gasteiger partial charge in [-0.3, -0.25) is 0 Å². The summed E-state index contributed by atoms with van der Waals surface area (Å²) in [6, 6.07) is 7.96. The highest BCUT2D eigenvalue weighted by molar-refractivity contribution is 5.85. The minimum absolute atomic E-state index is 0. The zero-order valence-electron chi connectivity index (χ0n) is 7.40. The zero-order valence-corrected chi connectivity index (χ0v) is 8.21. The average molecular weight is 198 g/mol. The van der Waals surface area contributed by atoms with E-state index < -0.39 is 0 Å². The highest BCUT2D eigenvalue weighted by Gasteiger charge is 2.03. The second-order valence-corrected chi connectivity index (χ2v) is 2.70.